The normalized spacial score (nSPS) is 11.1. The van der Waals surface area contributed by atoms with E-state index in [1.807, 2.05) is 36.5 Å². The number of halogens is 2. The lowest BCUT2D eigenvalue weighted by molar-refractivity contribution is -0.111. The number of ether oxygens (including phenoxy) is 1. The maximum atomic E-state index is 14.4. The maximum Gasteiger partial charge on any atom is 0.248 e. The number of methoxy groups -OCH3 is 1. The Kier molecular flexibility index (Phi) is 6.46. The molecule has 0 aliphatic heterocycles. The standard InChI is InChI=1S/C23H19BrFN5O2/c1-32-21-11-16(25)19(28-22(31)7-4-9-24)12-20(21)30-23-26-10-8-18(29-23)15-13-27-17-6-3-2-5-14(15)17/h2-8,10-13,27H,9H2,1H3,(H,28,31)(H,26,29,30)/b7-4+. The third-order valence-electron chi connectivity index (χ3n) is 4.67. The van der Waals surface area contributed by atoms with E-state index in [2.05, 4.69) is 41.5 Å². The molecule has 0 unspecified atom stereocenters. The maximum absolute atomic E-state index is 14.4. The van der Waals surface area contributed by atoms with E-state index in [1.165, 1.54) is 25.3 Å². The van der Waals surface area contributed by atoms with Gasteiger partial charge in [0, 0.05) is 46.3 Å². The molecule has 0 saturated carbocycles. The summed E-state index contributed by atoms with van der Waals surface area (Å²) >= 11 is 3.20. The van der Waals surface area contributed by atoms with Crippen molar-refractivity contribution in [2.75, 3.05) is 23.1 Å². The Hall–Kier alpha value is -3.72. The minimum absolute atomic E-state index is 0.00491. The number of anilines is 3. The van der Waals surface area contributed by atoms with Crippen LogP contribution in [-0.2, 0) is 4.79 Å². The molecule has 0 atom stereocenters. The number of benzene rings is 2. The molecule has 0 radical (unpaired) electrons. The highest BCUT2D eigenvalue weighted by Gasteiger charge is 2.14. The molecule has 162 valence electrons. The van der Waals surface area contributed by atoms with Crippen molar-refractivity contribution in [3.8, 4) is 17.0 Å². The third-order valence-corrected chi connectivity index (χ3v) is 5.05. The molecule has 1 amide bonds. The number of nitrogens with zero attached hydrogens (tertiary/aromatic N) is 2. The Balaban J connectivity index is 1.65. The zero-order valence-electron chi connectivity index (χ0n) is 17.0. The van der Waals surface area contributed by atoms with Crippen LogP contribution in [-0.4, -0.2) is 33.3 Å². The number of hydrogen-bond acceptors (Lipinski definition) is 5. The van der Waals surface area contributed by atoms with Gasteiger partial charge < -0.3 is 20.4 Å². The molecule has 4 rings (SSSR count). The van der Waals surface area contributed by atoms with Crippen molar-refractivity contribution in [2.45, 2.75) is 0 Å². The molecule has 4 aromatic rings. The summed E-state index contributed by atoms with van der Waals surface area (Å²) in [5.74, 6) is -0.523. The van der Waals surface area contributed by atoms with Gasteiger partial charge in [-0.2, -0.15) is 0 Å². The molecular formula is C23H19BrFN5O2. The minimum atomic E-state index is -0.624. The highest BCUT2D eigenvalue weighted by Crippen LogP contribution is 2.33. The number of aromatic nitrogens is 3. The van der Waals surface area contributed by atoms with Crippen LogP contribution in [0.1, 0.15) is 0 Å². The first-order chi connectivity index (χ1) is 15.6. The first-order valence-electron chi connectivity index (χ1n) is 9.66. The van der Waals surface area contributed by atoms with Gasteiger partial charge in [-0.15, -0.1) is 0 Å². The molecule has 3 N–H and O–H groups in total. The molecular weight excluding hydrogens is 477 g/mol. The fraction of sp³-hybridized carbons (Fsp3) is 0.0870. The molecule has 9 heteroatoms. The number of rotatable bonds is 7. The number of allylic oxidation sites excluding steroid dienone is 1. The number of alkyl halides is 1. The van der Waals surface area contributed by atoms with Gasteiger partial charge in [0.25, 0.3) is 0 Å². The van der Waals surface area contributed by atoms with Crippen molar-refractivity contribution < 1.29 is 13.9 Å². The van der Waals surface area contributed by atoms with Crippen molar-refractivity contribution in [3.05, 3.63) is 72.8 Å². The van der Waals surface area contributed by atoms with E-state index in [-0.39, 0.29) is 11.4 Å². The number of amides is 1. The summed E-state index contributed by atoms with van der Waals surface area (Å²) in [6.45, 7) is 0. The smallest absolute Gasteiger partial charge is 0.248 e. The van der Waals surface area contributed by atoms with E-state index in [0.29, 0.717) is 17.0 Å². The van der Waals surface area contributed by atoms with E-state index < -0.39 is 11.7 Å². The molecule has 7 nitrogen and oxygen atoms in total. The molecule has 0 spiro atoms. The molecule has 2 aromatic carbocycles. The van der Waals surface area contributed by atoms with E-state index in [1.54, 1.807) is 12.3 Å². The Morgan fingerprint density at radius 1 is 1.25 bits per heavy atom. The van der Waals surface area contributed by atoms with Gasteiger partial charge in [0.1, 0.15) is 5.75 Å². The summed E-state index contributed by atoms with van der Waals surface area (Å²) < 4.78 is 19.7. The van der Waals surface area contributed by atoms with Gasteiger partial charge in [0.05, 0.1) is 24.2 Å². The lowest BCUT2D eigenvalue weighted by Crippen LogP contribution is -2.10. The van der Waals surface area contributed by atoms with Crippen LogP contribution in [0.4, 0.5) is 21.7 Å². The summed E-state index contributed by atoms with van der Waals surface area (Å²) in [5.41, 5.74) is 3.07. The number of aromatic amines is 1. The van der Waals surface area contributed by atoms with E-state index >= 15 is 0 Å². The fourth-order valence-electron chi connectivity index (χ4n) is 3.22. The largest absolute Gasteiger partial charge is 0.494 e. The van der Waals surface area contributed by atoms with Crippen LogP contribution in [0.3, 0.4) is 0 Å². The van der Waals surface area contributed by atoms with Crippen LogP contribution < -0.4 is 15.4 Å². The SMILES string of the molecule is COc1cc(F)c(NC(=O)/C=C/CBr)cc1Nc1nccc(-c2c[nH]c3ccccc23)n1. The second kappa shape index (κ2) is 9.61. The molecule has 0 fully saturated rings. The van der Waals surface area contributed by atoms with E-state index in [0.717, 1.165) is 22.2 Å². The number of fused-ring (bicyclic) bond motifs is 1. The van der Waals surface area contributed by atoms with Crippen molar-refractivity contribution in [1.29, 1.82) is 0 Å². The number of carbonyl (C=O) groups excluding carboxylic acids is 1. The van der Waals surface area contributed by atoms with E-state index in [4.69, 9.17) is 4.74 Å². The molecule has 2 heterocycles. The minimum Gasteiger partial charge on any atom is -0.494 e. The van der Waals surface area contributed by atoms with E-state index in [9.17, 15) is 9.18 Å². The van der Waals surface area contributed by atoms with Gasteiger partial charge in [-0.3, -0.25) is 4.79 Å². The summed E-state index contributed by atoms with van der Waals surface area (Å²) in [5, 5.41) is 7.13. The van der Waals surface area contributed by atoms with Crippen LogP contribution in [0, 0.1) is 5.82 Å². The van der Waals surface area contributed by atoms with Crippen molar-refractivity contribution in [3.63, 3.8) is 0 Å². The highest BCUT2D eigenvalue weighted by atomic mass is 79.9. The topological polar surface area (TPSA) is 91.9 Å². The second-order valence-corrected chi connectivity index (χ2v) is 7.36. The predicted molar refractivity (Wildman–Crippen MR) is 127 cm³/mol. The molecule has 0 aliphatic carbocycles. The summed E-state index contributed by atoms with van der Waals surface area (Å²) in [4.78, 5) is 24.1. The van der Waals surface area contributed by atoms with Gasteiger partial charge in [-0.05, 0) is 18.2 Å². The van der Waals surface area contributed by atoms with Crippen LogP contribution in [0.2, 0.25) is 0 Å². The monoisotopic (exact) mass is 495 g/mol. The number of carbonyl (C=O) groups is 1. The first kappa shape index (κ1) is 21.5. The third kappa shape index (κ3) is 4.62. The summed E-state index contributed by atoms with van der Waals surface area (Å²) in [6.07, 6.45) is 6.46. The zero-order chi connectivity index (χ0) is 22.5. The summed E-state index contributed by atoms with van der Waals surface area (Å²) in [7, 11) is 1.43. The molecule has 0 aliphatic rings. The molecule has 0 saturated heterocycles. The van der Waals surface area contributed by atoms with Crippen LogP contribution in [0.5, 0.6) is 5.75 Å². The highest BCUT2D eigenvalue weighted by molar-refractivity contribution is 9.09. The average Bonchev–Trinajstić information content (AvgIpc) is 3.24. The average molecular weight is 496 g/mol. The number of hydrogen-bond donors (Lipinski definition) is 3. The molecule has 0 bridgehead atoms. The number of nitrogens with one attached hydrogen (secondary N) is 3. The Labute approximate surface area is 191 Å². The van der Waals surface area contributed by atoms with Gasteiger partial charge in [0.15, 0.2) is 5.82 Å². The summed E-state index contributed by atoms with van der Waals surface area (Å²) in [6, 6.07) is 12.4. The predicted octanol–water partition coefficient (Wildman–Crippen LogP) is 5.41. The Morgan fingerprint density at radius 2 is 2.09 bits per heavy atom. The zero-order valence-corrected chi connectivity index (χ0v) is 18.6. The van der Waals surface area contributed by atoms with Crippen LogP contribution in [0.25, 0.3) is 22.2 Å². The van der Waals surface area contributed by atoms with Crippen LogP contribution >= 0.6 is 15.9 Å². The quantitative estimate of drug-likeness (QED) is 0.235. The fourth-order valence-corrected chi connectivity index (χ4v) is 3.40. The second-order valence-electron chi connectivity index (χ2n) is 6.72. The van der Waals surface area contributed by atoms with Crippen LogP contribution in [0.15, 0.2) is 67.0 Å². The van der Waals surface area contributed by atoms with Gasteiger partial charge >= 0.3 is 0 Å². The first-order valence-corrected chi connectivity index (χ1v) is 10.8. The number of H-pyrrole nitrogens is 1. The van der Waals surface area contributed by atoms with Crippen molar-refractivity contribution in [2.24, 2.45) is 0 Å². The molecule has 2 aromatic heterocycles. The van der Waals surface area contributed by atoms with Gasteiger partial charge in [-0.1, -0.05) is 40.2 Å². The van der Waals surface area contributed by atoms with Crippen molar-refractivity contribution in [1.82, 2.24) is 15.0 Å². The lowest BCUT2D eigenvalue weighted by atomic mass is 10.1. The van der Waals surface area contributed by atoms with Gasteiger partial charge in [0.2, 0.25) is 11.9 Å². The Bertz CT molecular complexity index is 1300. The van der Waals surface area contributed by atoms with Gasteiger partial charge in [-0.25, -0.2) is 14.4 Å². The van der Waals surface area contributed by atoms with Crippen molar-refractivity contribution >= 4 is 50.1 Å². The lowest BCUT2D eigenvalue weighted by Gasteiger charge is -2.13. The number of para-hydroxylation sites is 1. The molecule has 32 heavy (non-hydrogen) atoms. The Morgan fingerprint density at radius 3 is 2.91 bits per heavy atom.